The molecular formula is C14H25NO2. The van der Waals surface area contributed by atoms with Gasteiger partial charge in [-0.3, -0.25) is 4.79 Å². The van der Waals surface area contributed by atoms with Crippen LogP contribution in [0.4, 0.5) is 0 Å². The molecule has 0 radical (unpaired) electrons. The predicted octanol–water partition coefficient (Wildman–Crippen LogP) is 2.62. The summed E-state index contributed by atoms with van der Waals surface area (Å²) in [7, 11) is 0. The van der Waals surface area contributed by atoms with E-state index in [2.05, 4.69) is 27.4 Å². The molecule has 0 aromatic heterocycles. The molecule has 0 unspecified atom stereocenters. The van der Waals surface area contributed by atoms with E-state index in [-0.39, 0.29) is 5.91 Å². The Morgan fingerprint density at radius 3 is 2.47 bits per heavy atom. The maximum Gasteiger partial charge on any atom is 0.245 e. The third-order valence-electron chi connectivity index (χ3n) is 3.13. The van der Waals surface area contributed by atoms with Gasteiger partial charge in [-0.2, -0.15) is 0 Å². The number of nitrogens with zero attached hydrogens (tertiary/aromatic N) is 1. The average molecular weight is 239 g/mol. The van der Waals surface area contributed by atoms with Crippen LogP contribution in [0.1, 0.15) is 40.0 Å². The van der Waals surface area contributed by atoms with Gasteiger partial charge in [0.05, 0.1) is 6.10 Å². The average Bonchev–Trinajstić information content (AvgIpc) is 2.27. The van der Waals surface area contributed by atoms with Gasteiger partial charge < -0.3 is 9.64 Å². The minimum atomic E-state index is 0.0399. The highest BCUT2D eigenvalue weighted by molar-refractivity contribution is 5.87. The van der Waals surface area contributed by atoms with Crippen LogP contribution in [0.5, 0.6) is 0 Å². The molecule has 0 bridgehead atoms. The first kappa shape index (κ1) is 14.2. The first-order valence-corrected chi connectivity index (χ1v) is 6.45. The largest absolute Gasteiger partial charge is 0.378 e. The molecule has 0 spiro atoms. The maximum absolute atomic E-state index is 11.4. The molecule has 1 fully saturated rings. The standard InChI is InChI=1S/C14H25NO2/c1-5-13(16)15-9-6-12(7-10-15)17-11-8-14(2,3)4/h5,12H,1,6-11H2,2-4H3. The van der Waals surface area contributed by atoms with Crippen molar-refractivity contribution in [1.29, 1.82) is 0 Å². The normalized spacial score (nSPS) is 18.2. The number of ether oxygens (including phenoxy) is 1. The van der Waals surface area contributed by atoms with Crippen LogP contribution in [-0.2, 0) is 9.53 Å². The summed E-state index contributed by atoms with van der Waals surface area (Å²) in [6.07, 6.45) is 4.69. The zero-order valence-corrected chi connectivity index (χ0v) is 11.4. The van der Waals surface area contributed by atoms with Gasteiger partial charge in [0.25, 0.3) is 0 Å². The van der Waals surface area contributed by atoms with Crippen LogP contribution in [0.3, 0.4) is 0 Å². The van der Waals surface area contributed by atoms with Crippen molar-refractivity contribution in [3.05, 3.63) is 12.7 Å². The second-order valence-electron chi connectivity index (χ2n) is 5.91. The number of piperidine rings is 1. The smallest absolute Gasteiger partial charge is 0.245 e. The summed E-state index contributed by atoms with van der Waals surface area (Å²) in [6.45, 7) is 12.6. The third-order valence-corrected chi connectivity index (χ3v) is 3.13. The lowest BCUT2D eigenvalue weighted by Crippen LogP contribution is -2.40. The Bertz CT molecular complexity index is 260. The molecule has 1 aliphatic rings. The topological polar surface area (TPSA) is 29.5 Å². The second-order valence-corrected chi connectivity index (χ2v) is 5.91. The number of carbonyl (C=O) groups is 1. The Balaban J connectivity index is 2.19. The van der Waals surface area contributed by atoms with Crippen LogP contribution in [-0.4, -0.2) is 36.6 Å². The summed E-state index contributed by atoms with van der Waals surface area (Å²) >= 11 is 0. The van der Waals surface area contributed by atoms with Gasteiger partial charge >= 0.3 is 0 Å². The molecule has 3 nitrogen and oxygen atoms in total. The van der Waals surface area contributed by atoms with Crippen molar-refractivity contribution in [2.45, 2.75) is 46.1 Å². The van der Waals surface area contributed by atoms with E-state index in [9.17, 15) is 4.79 Å². The molecule has 1 rings (SSSR count). The summed E-state index contributed by atoms with van der Waals surface area (Å²) in [6, 6.07) is 0. The van der Waals surface area contributed by atoms with E-state index in [1.54, 1.807) is 0 Å². The number of hydrogen-bond acceptors (Lipinski definition) is 2. The minimum absolute atomic E-state index is 0.0399. The fraction of sp³-hybridized carbons (Fsp3) is 0.786. The highest BCUT2D eigenvalue weighted by Crippen LogP contribution is 2.20. The lowest BCUT2D eigenvalue weighted by atomic mass is 9.93. The zero-order chi connectivity index (χ0) is 12.9. The molecule has 1 amide bonds. The number of likely N-dealkylation sites (tertiary alicyclic amines) is 1. The van der Waals surface area contributed by atoms with E-state index in [0.717, 1.165) is 39.0 Å². The third kappa shape index (κ3) is 5.35. The molecule has 3 heteroatoms. The molecule has 0 aliphatic carbocycles. The van der Waals surface area contributed by atoms with Gasteiger partial charge in [-0.05, 0) is 30.8 Å². The van der Waals surface area contributed by atoms with Crippen molar-refractivity contribution in [1.82, 2.24) is 4.90 Å². The Kier molecular flexibility index (Phi) is 5.19. The fourth-order valence-electron chi connectivity index (χ4n) is 1.90. The summed E-state index contributed by atoms with van der Waals surface area (Å²) in [5.41, 5.74) is 0.333. The number of amides is 1. The Labute approximate surface area is 105 Å². The van der Waals surface area contributed by atoms with Crippen molar-refractivity contribution in [3.8, 4) is 0 Å². The molecular weight excluding hydrogens is 214 g/mol. The van der Waals surface area contributed by atoms with Gasteiger partial charge in [0.1, 0.15) is 0 Å². The molecule has 0 aromatic carbocycles. The summed E-state index contributed by atoms with van der Waals surface area (Å²) in [4.78, 5) is 13.2. The van der Waals surface area contributed by atoms with Gasteiger partial charge in [0.15, 0.2) is 0 Å². The van der Waals surface area contributed by atoms with Crippen LogP contribution in [0.15, 0.2) is 12.7 Å². The van der Waals surface area contributed by atoms with E-state index in [1.165, 1.54) is 6.08 Å². The first-order chi connectivity index (χ1) is 7.92. The molecule has 1 heterocycles. The second kappa shape index (κ2) is 6.20. The lowest BCUT2D eigenvalue weighted by molar-refractivity contribution is -0.128. The molecule has 0 atom stereocenters. The van der Waals surface area contributed by atoms with Crippen molar-refractivity contribution < 1.29 is 9.53 Å². The van der Waals surface area contributed by atoms with Crippen molar-refractivity contribution in [2.24, 2.45) is 5.41 Å². The maximum atomic E-state index is 11.4. The predicted molar refractivity (Wildman–Crippen MR) is 69.8 cm³/mol. The van der Waals surface area contributed by atoms with Crippen molar-refractivity contribution in [2.75, 3.05) is 19.7 Å². The van der Waals surface area contributed by atoms with Gasteiger partial charge in [-0.15, -0.1) is 0 Å². The molecule has 1 aliphatic heterocycles. The van der Waals surface area contributed by atoms with E-state index >= 15 is 0 Å². The van der Waals surface area contributed by atoms with Gasteiger partial charge in [0, 0.05) is 19.7 Å². The van der Waals surface area contributed by atoms with Gasteiger partial charge in [-0.1, -0.05) is 27.4 Å². The Morgan fingerprint density at radius 2 is 2.00 bits per heavy atom. The van der Waals surface area contributed by atoms with E-state index in [1.807, 2.05) is 4.90 Å². The molecule has 1 saturated heterocycles. The highest BCUT2D eigenvalue weighted by atomic mass is 16.5. The highest BCUT2D eigenvalue weighted by Gasteiger charge is 2.22. The summed E-state index contributed by atoms with van der Waals surface area (Å²) in [5.74, 6) is 0.0399. The van der Waals surface area contributed by atoms with Gasteiger partial charge in [0.2, 0.25) is 5.91 Å². The molecule has 0 saturated carbocycles. The van der Waals surface area contributed by atoms with Crippen molar-refractivity contribution in [3.63, 3.8) is 0 Å². The molecule has 0 N–H and O–H groups in total. The number of carbonyl (C=O) groups excluding carboxylic acids is 1. The van der Waals surface area contributed by atoms with Crippen LogP contribution in [0.2, 0.25) is 0 Å². The van der Waals surface area contributed by atoms with Crippen LogP contribution >= 0.6 is 0 Å². The van der Waals surface area contributed by atoms with Crippen molar-refractivity contribution >= 4 is 5.91 Å². The molecule has 0 aromatic rings. The lowest BCUT2D eigenvalue weighted by Gasteiger charge is -2.31. The van der Waals surface area contributed by atoms with E-state index in [4.69, 9.17) is 4.74 Å². The van der Waals surface area contributed by atoms with Crippen LogP contribution in [0.25, 0.3) is 0 Å². The summed E-state index contributed by atoms with van der Waals surface area (Å²) < 4.78 is 5.86. The number of rotatable bonds is 4. The SMILES string of the molecule is C=CC(=O)N1CCC(OCCC(C)(C)C)CC1. The quantitative estimate of drug-likeness (QED) is 0.706. The first-order valence-electron chi connectivity index (χ1n) is 6.45. The molecule has 17 heavy (non-hydrogen) atoms. The number of hydrogen-bond donors (Lipinski definition) is 0. The minimum Gasteiger partial charge on any atom is -0.378 e. The van der Waals surface area contributed by atoms with Crippen LogP contribution < -0.4 is 0 Å². The Hall–Kier alpha value is -0.830. The van der Waals surface area contributed by atoms with Gasteiger partial charge in [-0.25, -0.2) is 0 Å². The van der Waals surface area contributed by atoms with E-state index in [0.29, 0.717) is 11.5 Å². The van der Waals surface area contributed by atoms with Crippen LogP contribution in [0, 0.1) is 5.41 Å². The molecule has 98 valence electrons. The summed E-state index contributed by atoms with van der Waals surface area (Å²) in [5, 5.41) is 0. The monoisotopic (exact) mass is 239 g/mol. The van der Waals surface area contributed by atoms with E-state index < -0.39 is 0 Å². The zero-order valence-electron chi connectivity index (χ0n) is 11.4. The fourth-order valence-corrected chi connectivity index (χ4v) is 1.90. The Morgan fingerprint density at radius 1 is 1.41 bits per heavy atom.